The van der Waals surface area contributed by atoms with Crippen molar-refractivity contribution in [3.8, 4) is 0 Å². The molecule has 0 N–H and O–H groups in total. The molecule has 1 aliphatic carbocycles. The van der Waals surface area contributed by atoms with Crippen LogP contribution in [0.3, 0.4) is 0 Å². The molecule has 0 aromatic heterocycles. The Balaban J connectivity index is 2.01. The van der Waals surface area contributed by atoms with E-state index in [1.165, 1.54) is 11.1 Å². The van der Waals surface area contributed by atoms with Crippen LogP contribution in [0.15, 0.2) is 54.1 Å². The van der Waals surface area contributed by atoms with E-state index in [4.69, 9.17) is 0 Å². The minimum atomic E-state index is 0.185. The molecule has 0 spiro atoms. The van der Waals surface area contributed by atoms with Crippen LogP contribution in [0.1, 0.15) is 33.5 Å². The molecule has 19 heavy (non-hydrogen) atoms. The van der Waals surface area contributed by atoms with Crippen LogP contribution in [-0.4, -0.2) is 5.78 Å². The highest BCUT2D eigenvalue weighted by Gasteiger charge is 2.21. The van der Waals surface area contributed by atoms with Crippen LogP contribution >= 0.6 is 0 Å². The normalized spacial score (nSPS) is 16.5. The Hall–Kier alpha value is -2.15. The number of aryl methyl sites for hydroxylation is 2. The Bertz CT molecular complexity index is 665. The number of rotatable bonds is 1. The molecule has 1 aliphatic rings. The van der Waals surface area contributed by atoms with Crippen LogP contribution in [0, 0.1) is 6.92 Å². The third kappa shape index (κ3) is 2.24. The summed E-state index contributed by atoms with van der Waals surface area (Å²) in [5.41, 5.74) is 5.32. The zero-order chi connectivity index (χ0) is 13.2. The predicted octanol–water partition coefficient (Wildman–Crippen LogP) is 4.21. The molecule has 0 unspecified atom stereocenters. The number of benzene rings is 2. The van der Waals surface area contributed by atoms with Crippen LogP contribution in [0.25, 0.3) is 6.08 Å². The van der Waals surface area contributed by atoms with Gasteiger partial charge >= 0.3 is 0 Å². The Morgan fingerprint density at radius 1 is 0.947 bits per heavy atom. The zero-order valence-corrected chi connectivity index (χ0v) is 11.0. The van der Waals surface area contributed by atoms with Crippen molar-refractivity contribution >= 4 is 11.9 Å². The van der Waals surface area contributed by atoms with Crippen molar-refractivity contribution in [1.29, 1.82) is 0 Å². The van der Waals surface area contributed by atoms with Gasteiger partial charge in [-0.15, -0.1) is 0 Å². The fraction of sp³-hybridized carbons (Fsp3) is 0.167. The van der Waals surface area contributed by atoms with E-state index in [-0.39, 0.29) is 5.78 Å². The molecular weight excluding hydrogens is 232 g/mol. The van der Waals surface area contributed by atoms with Gasteiger partial charge in [-0.05, 0) is 42.5 Å². The number of Topliss-reactive ketones (excluding diaryl/α,β-unsaturated/α-hetero) is 1. The van der Waals surface area contributed by atoms with Crippen LogP contribution < -0.4 is 0 Å². The van der Waals surface area contributed by atoms with Gasteiger partial charge in [0.05, 0.1) is 0 Å². The fourth-order valence-corrected chi connectivity index (χ4v) is 2.59. The van der Waals surface area contributed by atoms with Crippen molar-refractivity contribution in [2.75, 3.05) is 0 Å². The van der Waals surface area contributed by atoms with Gasteiger partial charge in [0.2, 0.25) is 0 Å². The first kappa shape index (κ1) is 11.9. The first-order valence-corrected chi connectivity index (χ1v) is 6.64. The highest BCUT2D eigenvalue weighted by atomic mass is 16.1. The van der Waals surface area contributed by atoms with E-state index in [1.54, 1.807) is 0 Å². The maximum atomic E-state index is 12.5. The van der Waals surface area contributed by atoms with Crippen LogP contribution in [-0.2, 0) is 6.42 Å². The summed E-state index contributed by atoms with van der Waals surface area (Å²) < 4.78 is 0. The molecule has 2 aromatic carbocycles. The van der Waals surface area contributed by atoms with E-state index >= 15 is 0 Å². The topological polar surface area (TPSA) is 17.1 Å². The van der Waals surface area contributed by atoms with Gasteiger partial charge in [0.15, 0.2) is 5.78 Å². The summed E-state index contributed by atoms with van der Waals surface area (Å²) in [4.78, 5) is 12.5. The lowest BCUT2D eigenvalue weighted by Crippen LogP contribution is -2.13. The van der Waals surface area contributed by atoms with E-state index in [0.29, 0.717) is 0 Å². The lowest BCUT2D eigenvalue weighted by Gasteiger charge is -2.17. The summed E-state index contributed by atoms with van der Waals surface area (Å²) in [6, 6.07) is 16.1. The molecular formula is C18H16O. The SMILES string of the molecule is Cc1ccccc1/C=C1/CCc2ccccc2C1=O. The monoisotopic (exact) mass is 248 g/mol. The Labute approximate surface area is 113 Å². The summed E-state index contributed by atoms with van der Waals surface area (Å²) in [7, 11) is 0. The first-order valence-electron chi connectivity index (χ1n) is 6.64. The van der Waals surface area contributed by atoms with E-state index in [1.807, 2.05) is 36.4 Å². The van der Waals surface area contributed by atoms with E-state index in [0.717, 1.165) is 29.5 Å². The molecule has 0 aliphatic heterocycles. The van der Waals surface area contributed by atoms with Gasteiger partial charge in [-0.2, -0.15) is 0 Å². The summed E-state index contributed by atoms with van der Waals surface area (Å²) in [5, 5.41) is 0. The molecule has 0 atom stereocenters. The summed E-state index contributed by atoms with van der Waals surface area (Å²) in [5.74, 6) is 0.185. The van der Waals surface area contributed by atoms with Crippen molar-refractivity contribution in [2.24, 2.45) is 0 Å². The molecule has 2 aromatic rings. The van der Waals surface area contributed by atoms with Crippen LogP contribution in [0.4, 0.5) is 0 Å². The van der Waals surface area contributed by atoms with Gasteiger partial charge in [-0.25, -0.2) is 0 Å². The molecule has 0 saturated heterocycles. The quantitative estimate of drug-likeness (QED) is 0.691. The summed E-state index contributed by atoms with van der Waals surface area (Å²) in [6.45, 7) is 2.08. The molecule has 1 nitrogen and oxygen atoms in total. The lowest BCUT2D eigenvalue weighted by molar-refractivity contribution is 0.102. The molecule has 0 fully saturated rings. The van der Waals surface area contributed by atoms with E-state index in [9.17, 15) is 4.79 Å². The molecule has 0 saturated carbocycles. The molecule has 3 rings (SSSR count). The smallest absolute Gasteiger partial charge is 0.189 e. The number of hydrogen-bond acceptors (Lipinski definition) is 1. The highest BCUT2D eigenvalue weighted by molar-refractivity contribution is 6.13. The average Bonchev–Trinajstić information content (AvgIpc) is 2.44. The largest absolute Gasteiger partial charge is 0.289 e. The Kier molecular flexibility index (Phi) is 3.04. The van der Waals surface area contributed by atoms with Gasteiger partial charge in [0.25, 0.3) is 0 Å². The summed E-state index contributed by atoms with van der Waals surface area (Å²) >= 11 is 0. The third-order valence-electron chi connectivity index (χ3n) is 3.74. The van der Waals surface area contributed by atoms with Crippen LogP contribution in [0.2, 0.25) is 0 Å². The molecule has 0 radical (unpaired) electrons. The van der Waals surface area contributed by atoms with Crippen molar-refractivity contribution in [3.05, 3.63) is 76.4 Å². The molecule has 0 amide bonds. The average molecular weight is 248 g/mol. The summed E-state index contributed by atoms with van der Waals surface area (Å²) in [6.07, 6.45) is 3.84. The number of ketones is 1. The zero-order valence-electron chi connectivity index (χ0n) is 11.0. The third-order valence-corrected chi connectivity index (χ3v) is 3.74. The molecule has 0 bridgehead atoms. The maximum absolute atomic E-state index is 12.5. The number of fused-ring (bicyclic) bond motifs is 1. The second kappa shape index (κ2) is 4.85. The number of allylic oxidation sites excluding steroid dienone is 1. The highest BCUT2D eigenvalue weighted by Crippen LogP contribution is 2.26. The second-order valence-corrected chi connectivity index (χ2v) is 5.01. The van der Waals surface area contributed by atoms with E-state index in [2.05, 4.69) is 25.1 Å². The Morgan fingerprint density at radius 2 is 1.68 bits per heavy atom. The van der Waals surface area contributed by atoms with Gasteiger partial charge in [-0.3, -0.25) is 4.79 Å². The number of carbonyl (C=O) groups is 1. The van der Waals surface area contributed by atoms with Crippen molar-refractivity contribution in [3.63, 3.8) is 0 Å². The van der Waals surface area contributed by atoms with Gasteiger partial charge < -0.3 is 0 Å². The van der Waals surface area contributed by atoms with Crippen LogP contribution in [0.5, 0.6) is 0 Å². The van der Waals surface area contributed by atoms with Crippen molar-refractivity contribution < 1.29 is 4.79 Å². The van der Waals surface area contributed by atoms with Crippen molar-refractivity contribution in [2.45, 2.75) is 19.8 Å². The first-order chi connectivity index (χ1) is 9.25. The minimum absolute atomic E-state index is 0.185. The molecule has 1 heteroatoms. The molecule has 94 valence electrons. The number of hydrogen-bond donors (Lipinski definition) is 0. The lowest BCUT2D eigenvalue weighted by atomic mass is 9.86. The van der Waals surface area contributed by atoms with Gasteiger partial charge in [-0.1, -0.05) is 48.5 Å². The Morgan fingerprint density at radius 3 is 2.53 bits per heavy atom. The standard InChI is InChI=1S/C18H16O/c1-13-6-2-3-8-15(13)12-16-11-10-14-7-4-5-9-17(14)18(16)19/h2-9,12H,10-11H2,1H3/b16-12-. The predicted molar refractivity (Wildman–Crippen MR) is 78.2 cm³/mol. The minimum Gasteiger partial charge on any atom is -0.289 e. The van der Waals surface area contributed by atoms with Crippen molar-refractivity contribution in [1.82, 2.24) is 0 Å². The van der Waals surface area contributed by atoms with Gasteiger partial charge in [0, 0.05) is 11.1 Å². The van der Waals surface area contributed by atoms with Gasteiger partial charge in [0.1, 0.15) is 0 Å². The second-order valence-electron chi connectivity index (χ2n) is 5.01. The molecule has 0 heterocycles. The van der Waals surface area contributed by atoms with E-state index < -0.39 is 0 Å². The fourth-order valence-electron chi connectivity index (χ4n) is 2.59. The maximum Gasteiger partial charge on any atom is 0.189 e. The number of carbonyl (C=O) groups excluding carboxylic acids is 1.